The van der Waals surface area contributed by atoms with Gasteiger partial charge in [0.2, 0.25) is 0 Å². The van der Waals surface area contributed by atoms with E-state index in [4.69, 9.17) is 9.96 Å². The Bertz CT molecular complexity index is 810. The summed E-state index contributed by atoms with van der Waals surface area (Å²) in [5, 5.41) is 0. The van der Waals surface area contributed by atoms with Gasteiger partial charge in [0.15, 0.2) is 0 Å². The molecule has 0 aliphatic heterocycles. The summed E-state index contributed by atoms with van der Waals surface area (Å²) in [6.07, 6.45) is 9.75. The molecule has 3 aliphatic carbocycles. The zero-order valence-electron chi connectivity index (χ0n) is 17.4. The minimum absolute atomic E-state index is 0.151. The van der Waals surface area contributed by atoms with E-state index in [-0.39, 0.29) is 5.92 Å². The Hall–Kier alpha value is -2.18. The molecule has 30 heavy (non-hydrogen) atoms. The molecule has 0 aromatic rings. The van der Waals surface area contributed by atoms with Crippen LogP contribution in [0.4, 0.5) is 0 Å². The minimum atomic E-state index is -4.87. The van der Waals surface area contributed by atoms with E-state index in [1.165, 1.54) is 16.7 Å². The fraction of sp³-hybridized carbons (Fsp3) is 0.435. The average molecular weight is 448 g/mol. The Balaban J connectivity index is 2.12. The summed E-state index contributed by atoms with van der Waals surface area (Å²) >= 11 is -4.87. The third kappa shape index (κ3) is 4.16. The van der Waals surface area contributed by atoms with Gasteiger partial charge < -0.3 is 0 Å². The zero-order chi connectivity index (χ0) is 21.9. The molecule has 3 aliphatic rings. The van der Waals surface area contributed by atoms with Crippen molar-refractivity contribution in [3.05, 3.63) is 60.3 Å². The van der Waals surface area contributed by atoms with Crippen LogP contribution in [0.15, 0.2) is 60.3 Å². The van der Waals surface area contributed by atoms with Gasteiger partial charge in [0, 0.05) is 0 Å². The number of carbonyl (C=O) groups is 3. The van der Waals surface area contributed by atoms with Crippen LogP contribution in [0.3, 0.4) is 0 Å². The van der Waals surface area contributed by atoms with Crippen molar-refractivity contribution in [2.75, 3.05) is 0 Å². The van der Waals surface area contributed by atoms with Gasteiger partial charge in [-0.15, -0.1) is 0 Å². The molecule has 3 rings (SSSR count). The number of hydrogen-bond donors (Lipinski definition) is 0. The predicted molar refractivity (Wildman–Crippen MR) is 108 cm³/mol. The molecule has 0 aromatic heterocycles. The van der Waals surface area contributed by atoms with Gasteiger partial charge in [0.25, 0.3) is 0 Å². The Morgan fingerprint density at radius 3 is 1.87 bits per heavy atom. The number of hydrogen-bond acceptors (Lipinski definition) is 6. The first-order valence-corrected chi connectivity index (χ1v) is 13.2. The normalized spacial score (nSPS) is 23.1. The van der Waals surface area contributed by atoms with Gasteiger partial charge >= 0.3 is 182 Å². The molecule has 0 amide bonds. The number of fused-ring (bicyclic) bond motifs is 1. The molecule has 2 unspecified atom stereocenters. The van der Waals surface area contributed by atoms with Crippen LogP contribution in [0.2, 0.25) is 4.22 Å². The van der Waals surface area contributed by atoms with Crippen molar-refractivity contribution in [1.29, 1.82) is 0 Å². The van der Waals surface area contributed by atoms with Gasteiger partial charge in [-0.2, -0.15) is 0 Å². The topological polar surface area (TPSA) is 78.9 Å². The van der Waals surface area contributed by atoms with Crippen molar-refractivity contribution in [3.63, 3.8) is 0 Å². The first-order chi connectivity index (χ1) is 14.4. The molecular formula is C23H28O6Ti. The van der Waals surface area contributed by atoms with E-state index in [0.29, 0.717) is 6.42 Å². The van der Waals surface area contributed by atoms with E-state index in [1.54, 1.807) is 0 Å². The molecule has 0 aromatic carbocycles. The molecular weight excluding hydrogens is 420 g/mol. The fourth-order valence-corrected chi connectivity index (χ4v) is 9.70. The van der Waals surface area contributed by atoms with Crippen LogP contribution in [0.5, 0.6) is 0 Å². The summed E-state index contributed by atoms with van der Waals surface area (Å²) in [5.41, 5.74) is 5.22. The average Bonchev–Trinajstić information content (AvgIpc) is 3.05. The van der Waals surface area contributed by atoms with Gasteiger partial charge in [-0.1, -0.05) is 0 Å². The van der Waals surface area contributed by atoms with Gasteiger partial charge in [-0.25, -0.2) is 0 Å². The molecule has 0 spiro atoms. The predicted octanol–water partition coefficient (Wildman–Crippen LogP) is 4.86. The maximum absolute atomic E-state index is 12.3. The van der Waals surface area contributed by atoms with Crippen LogP contribution < -0.4 is 0 Å². The maximum atomic E-state index is 12.3. The van der Waals surface area contributed by atoms with Crippen LogP contribution >= 0.6 is 0 Å². The summed E-state index contributed by atoms with van der Waals surface area (Å²) in [6, 6.07) is 0. The monoisotopic (exact) mass is 448 g/mol. The molecule has 0 bridgehead atoms. The molecule has 0 heterocycles. The Labute approximate surface area is 182 Å². The molecule has 160 valence electrons. The first-order valence-electron chi connectivity index (χ1n) is 10.4. The van der Waals surface area contributed by atoms with E-state index in [0.717, 1.165) is 62.3 Å². The molecule has 0 saturated carbocycles. The standard InChI is InChI=1S/C14H19.3C3H4O2.Ti/c1-10-11-6-2-4-8-13(11)14-9-5-3-7-12(10)14;3*1-2-3(4)5;/h6,10H,2-5,7-9H2,1H3;3*2H,1H2,(H,4,5);/q;;;;+3/p-3. The van der Waals surface area contributed by atoms with Crippen molar-refractivity contribution < 1.29 is 42.1 Å². The first kappa shape index (κ1) is 22.5. The van der Waals surface area contributed by atoms with Gasteiger partial charge in [0.05, 0.1) is 0 Å². The third-order valence-corrected chi connectivity index (χ3v) is 10.7. The summed E-state index contributed by atoms with van der Waals surface area (Å²) in [4.78, 5) is 36.8. The molecule has 0 N–H and O–H groups in total. The van der Waals surface area contributed by atoms with Gasteiger partial charge in [-0.05, 0) is 0 Å². The van der Waals surface area contributed by atoms with Crippen molar-refractivity contribution in [1.82, 2.24) is 0 Å². The van der Waals surface area contributed by atoms with E-state index in [2.05, 4.69) is 26.7 Å². The molecule has 2 atom stereocenters. The van der Waals surface area contributed by atoms with Crippen LogP contribution in [-0.2, 0) is 42.1 Å². The van der Waals surface area contributed by atoms with Crippen molar-refractivity contribution in [3.8, 4) is 0 Å². The molecule has 0 radical (unpaired) electrons. The van der Waals surface area contributed by atoms with E-state index < -0.39 is 39.9 Å². The number of rotatable bonds is 7. The third-order valence-electron chi connectivity index (χ3n) is 6.16. The van der Waals surface area contributed by atoms with E-state index >= 15 is 0 Å². The Morgan fingerprint density at radius 1 is 0.833 bits per heavy atom. The van der Waals surface area contributed by atoms with Crippen LogP contribution in [-0.4, -0.2) is 17.9 Å². The van der Waals surface area contributed by atoms with Crippen LogP contribution in [0.25, 0.3) is 0 Å². The van der Waals surface area contributed by atoms with Gasteiger partial charge in [-0.3, -0.25) is 0 Å². The van der Waals surface area contributed by atoms with Crippen molar-refractivity contribution >= 4 is 17.9 Å². The molecule has 0 saturated heterocycles. The summed E-state index contributed by atoms with van der Waals surface area (Å²) in [5.74, 6) is -2.18. The SMILES string of the molecule is C=CC(=O)[O][Ti]([O]C(=O)C=C)([O]C(=O)C=C)[CH]1CCCC2=C1C(C)C1=C2CCCC1. The Kier molecular flexibility index (Phi) is 6.99. The second-order valence-electron chi connectivity index (χ2n) is 7.79. The van der Waals surface area contributed by atoms with Crippen LogP contribution in [0.1, 0.15) is 51.9 Å². The molecule has 6 nitrogen and oxygen atoms in total. The van der Waals surface area contributed by atoms with Crippen LogP contribution in [0, 0.1) is 5.92 Å². The second-order valence-corrected chi connectivity index (χ2v) is 11.7. The van der Waals surface area contributed by atoms with E-state index in [9.17, 15) is 14.4 Å². The quantitative estimate of drug-likeness (QED) is 0.409. The molecule has 0 fully saturated rings. The summed E-state index contributed by atoms with van der Waals surface area (Å²) in [7, 11) is 0. The fourth-order valence-electron chi connectivity index (χ4n) is 5.01. The Morgan fingerprint density at radius 2 is 1.33 bits per heavy atom. The second kappa shape index (κ2) is 9.31. The number of carbonyl (C=O) groups excluding carboxylic acids is 3. The van der Waals surface area contributed by atoms with E-state index in [1.807, 2.05) is 0 Å². The van der Waals surface area contributed by atoms with Crippen molar-refractivity contribution in [2.45, 2.75) is 56.1 Å². The summed E-state index contributed by atoms with van der Waals surface area (Å²) < 4.78 is 16.6. The van der Waals surface area contributed by atoms with Gasteiger partial charge in [0.1, 0.15) is 0 Å². The number of allylic oxidation sites excluding steroid dienone is 4. The molecule has 7 heteroatoms. The van der Waals surface area contributed by atoms with Crippen molar-refractivity contribution in [2.24, 2.45) is 5.92 Å². The zero-order valence-corrected chi connectivity index (χ0v) is 19.0. The summed E-state index contributed by atoms with van der Waals surface area (Å²) in [6.45, 7) is 12.5.